The molecular formula is C19H21N3O3. The van der Waals surface area contributed by atoms with E-state index in [0.717, 1.165) is 0 Å². The van der Waals surface area contributed by atoms with E-state index in [1.54, 1.807) is 67.6 Å². The lowest BCUT2D eigenvalue weighted by atomic mass is 10.2. The van der Waals surface area contributed by atoms with E-state index < -0.39 is 0 Å². The third-order valence-electron chi connectivity index (χ3n) is 3.71. The van der Waals surface area contributed by atoms with Crippen LogP contribution in [0.4, 0.5) is 10.5 Å². The molecule has 2 aromatic carbocycles. The highest BCUT2D eigenvalue weighted by Crippen LogP contribution is 2.23. The van der Waals surface area contributed by atoms with Crippen molar-refractivity contribution in [2.24, 2.45) is 0 Å². The van der Waals surface area contributed by atoms with Crippen LogP contribution in [0.3, 0.4) is 0 Å². The molecule has 0 spiro atoms. The van der Waals surface area contributed by atoms with Crippen molar-refractivity contribution < 1.29 is 14.3 Å². The maximum atomic E-state index is 12.2. The molecule has 25 heavy (non-hydrogen) atoms. The van der Waals surface area contributed by atoms with E-state index in [2.05, 4.69) is 11.4 Å². The first-order chi connectivity index (χ1) is 12.0. The molecule has 2 amide bonds. The predicted octanol–water partition coefficient (Wildman–Crippen LogP) is 3.85. The molecular weight excluding hydrogens is 318 g/mol. The van der Waals surface area contributed by atoms with Crippen molar-refractivity contribution in [2.45, 2.75) is 13.0 Å². The monoisotopic (exact) mass is 339 g/mol. The molecule has 0 bridgehead atoms. The van der Waals surface area contributed by atoms with Crippen molar-refractivity contribution in [3.8, 4) is 17.6 Å². The molecule has 0 heterocycles. The van der Waals surface area contributed by atoms with Crippen LogP contribution in [0.15, 0.2) is 48.5 Å². The van der Waals surface area contributed by atoms with Crippen molar-refractivity contribution >= 4 is 11.7 Å². The minimum atomic E-state index is -0.203. The summed E-state index contributed by atoms with van der Waals surface area (Å²) in [4.78, 5) is 13.8. The van der Waals surface area contributed by atoms with Crippen LogP contribution in [0.25, 0.3) is 0 Å². The number of carbonyl (C=O) groups is 1. The molecule has 0 radical (unpaired) electrons. The molecule has 1 unspecified atom stereocenters. The quantitative estimate of drug-likeness (QED) is 0.867. The zero-order valence-corrected chi connectivity index (χ0v) is 14.5. The highest BCUT2D eigenvalue weighted by atomic mass is 16.5. The molecule has 130 valence electrons. The number of methoxy groups -OCH3 is 1. The number of nitriles is 1. The van der Waals surface area contributed by atoms with E-state index in [-0.39, 0.29) is 12.1 Å². The van der Waals surface area contributed by atoms with Gasteiger partial charge in [0, 0.05) is 19.8 Å². The van der Waals surface area contributed by atoms with Gasteiger partial charge in [0.15, 0.2) is 0 Å². The summed E-state index contributed by atoms with van der Waals surface area (Å²) in [6, 6.07) is 15.8. The molecule has 0 aliphatic heterocycles. The SMILES string of the molecule is COCC(C)N(C)C(=O)Nc1ccc(Oc2ccc(C#N)cc2)cc1. The average molecular weight is 339 g/mol. The van der Waals surface area contributed by atoms with Crippen LogP contribution >= 0.6 is 0 Å². The Balaban J connectivity index is 1.95. The third-order valence-corrected chi connectivity index (χ3v) is 3.71. The van der Waals surface area contributed by atoms with E-state index in [4.69, 9.17) is 14.7 Å². The van der Waals surface area contributed by atoms with Crippen molar-refractivity contribution in [1.29, 1.82) is 5.26 Å². The van der Waals surface area contributed by atoms with E-state index in [1.165, 1.54) is 0 Å². The van der Waals surface area contributed by atoms with Gasteiger partial charge in [0.05, 0.1) is 24.3 Å². The summed E-state index contributed by atoms with van der Waals surface area (Å²) in [6.07, 6.45) is 0. The Labute approximate surface area is 147 Å². The molecule has 2 rings (SSSR count). The fourth-order valence-corrected chi connectivity index (χ4v) is 2.10. The predicted molar refractivity (Wildman–Crippen MR) is 95.8 cm³/mol. The number of rotatable bonds is 6. The number of ether oxygens (including phenoxy) is 2. The Morgan fingerprint density at radius 1 is 1.16 bits per heavy atom. The molecule has 2 aromatic rings. The Kier molecular flexibility index (Phi) is 6.38. The molecule has 0 aliphatic rings. The van der Waals surface area contributed by atoms with E-state index in [0.29, 0.717) is 29.4 Å². The van der Waals surface area contributed by atoms with Gasteiger partial charge in [-0.2, -0.15) is 5.26 Å². The van der Waals surface area contributed by atoms with Crippen LogP contribution in [0.1, 0.15) is 12.5 Å². The number of amides is 2. The van der Waals surface area contributed by atoms with Gasteiger partial charge in [0.25, 0.3) is 0 Å². The first-order valence-corrected chi connectivity index (χ1v) is 7.84. The fourth-order valence-electron chi connectivity index (χ4n) is 2.10. The number of benzene rings is 2. The number of hydrogen-bond donors (Lipinski definition) is 1. The topological polar surface area (TPSA) is 74.6 Å². The number of nitrogens with one attached hydrogen (secondary N) is 1. The number of anilines is 1. The minimum absolute atomic E-state index is 0.0241. The Morgan fingerprint density at radius 2 is 1.72 bits per heavy atom. The molecule has 0 aromatic heterocycles. The normalized spacial score (nSPS) is 11.3. The van der Waals surface area contributed by atoms with E-state index >= 15 is 0 Å². The van der Waals surface area contributed by atoms with Gasteiger partial charge in [-0.25, -0.2) is 4.79 Å². The summed E-state index contributed by atoms with van der Waals surface area (Å²) in [6.45, 7) is 2.39. The van der Waals surface area contributed by atoms with Crippen LogP contribution in [-0.4, -0.2) is 37.7 Å². The highest BCUT2D eigenvalue weighted by Gasteiger charge is 2.15. The molecule has 1 N–H and O–H groups in total. The van der Waals surface area contributed by atoms with Gasteiger partial charge < -0.3 is 19.7 Å². The Hall–Kier alpha value is -3.04. The smallest absolute Gasteiger partial charge is 0.321 e. The average Bonchev–Trinajstić information content (AvgIpc) is 2.63. The summed E-state index contributed by atoms with van der Waals surface area (Å²) in [5.41, 5.74) is 1.26. The second-order valence-corrected chi connectivity index (χ2v) is 5.61. The lowest BCUT2D eigenvalue weighted by Gasteiger charge is -2.24. The molecule has 6 nitrogen and oxygen atoms in total. The van der Waals surface area contributed by atoms with Gasteiger partial charge in [0.2, 0.25) is 0 Å². The molecule has 0 aliphatic carbocycles. The third kappa shape index (κ3) is 5.23. The zero-order chi connectivity index (χ0) is 18.2. The lowest BCUT2D eigenvalue weighted by Crippen LogP contribution is -2.40. The number of urea groups is 1. The van der Waals surface area contributed by atoms with E-state index in [1.807, 2.05) is 6.92 Å². The fraction of sp³-hybridized carbons (Fsp3) is 0.263. The number of likely N-dealkylation sites (N-methyl/N-ethyl adjacent to an activating group) is 1. The summed E-state index contributed by atoms with van der Waals surface area (Å²) in [5.74, 6) is 1.28. The maximum Gasteiger partial charge on any atom is 0.321 e. The minimum Gasteiger partial charge on any atom is -0.457 e. The summed E-state index contributed by atoms with van der Waals surface area (Å²) < 4.78 is 10.8. The molecule has 0 fully saturated rings. The van der Waals surface area contributed by atoms with Gasteiger partial charge in [-0.3, -0.25) is 0 Å². The lowest BCUT2D eigenvalue weighted by molar-refractivity contribution is 0.128. The van der Waals surface area contributed by atoms with Crippen LogP contribution in [0.5, 0.6) is 11.5 Å². The highest BCUT2D eigenvalue weighted by molar-refractivity contribution is 5.89. The van der Waals surface area contributed by atoms with Crippen molar-refractivity contribution in [1.82, 2.24) is 4.90 Å². The molecule has 0 saturated carbocycles. The molecule has 6 heteroatoms. The van der Waals surface area contributed by atoms with Gasteiger partial charge >= 0.3 is 6.03 Å². The standard InChI is InChI=1S/C19H21N3O3/c1-14(13-24-3)22(2)19(23)21-16-6-10-18(11-7-16)25-17-8-4-15(12-20)5-9-17/h4-11,14H,13H2,1-3H3,(H,21,23). The van der Waals surface area contributed by atoms with E-state index in [9.17, 15) is 4.79 Å². The zero-order valence-electron chi connectivity index (χ0n) is 14.5. The first kappa shape index (κ1) is 18.3. The van der Waals surface area contributed by atoms with Crippen molar-refractivity contribution in [2.75, 3.05) is 26.1 Å². The van der Waals surface area contributed by atoms with Crippen LogP contribution in [0, 0.1) is 11.3 Å². The molecule has 1 atom stereocenters. The van der Waals surface area contributed by atoms with Crippen LogP contribution in [-0.2, 0) is 4.74 Å². The summed E-state index contributed by atoms with van der Waals surface area (Å²) in [7, 11) is 3.33. The summed E-state index contributed by atoms with van der Waals surface area (Å²) >= 11 is 0. The second-order valence-electron chi connectivity index (χ2n) is 5.61. The number of hydrogen-bond acceptors (Lipinski definition) is 4. The van der Waals surface area contributed by atoms with Crippen LogP contribution in [0.2, 0.25) is 0 Å². The number of carbonyl (C=O) groups excluding carboxylic acids is 1. The van der Waals surface area contributed by atoms with Gasteiger partial charge in [-0.15, -0.1) is 0 Å². The summed E-state index contributed by atoms with van der Waals surface area (Å²) in [5, 5.41) is 11.6. The number of nitrogens with zero attached hydrogens (tertiary/aromatic N) is 2. The largest absolute Gasteiger partial charge is 0.457 e. The van der Waals surface area contributed by atoms with Crippen molar-refractivity contribution in [3.63, 3.8) is 0 Å². The Bertz CT molecular complexity index is 736. The van der Waals surface area contributed by atoms with Gasteiger partial charge in [-0.05, 0) is 55.5 Å². The van der Waals surface area contributed by atoms with Gasteiger partial charge in [-0.1, -0.05) is 0 Å². The van der Waals surface area contributed by atoms with Crippen LogP contribution < -0.4 is 10.1 Å². The first-order valence-electron chi connectivity index (χ1n) is 7.84. The second kappa shape index (κ2) is 8.71. The Morgan fingerprint density at radius 3 is 2.24 bits per heavy atom. The van der Waals surface area contributed by atoms with Gasteiger partial charge in [0.1, 0.15) is 11.5 Å². The molecule has 0 saturated heterocycles. The maximum absolute atomic E-state index is 12.2. The van der Waals surface area contributed by atoms with Crippen molar-refractivity contribution in [3.05, 3.63) is 54.1 Å².